The molecule has 5 heteroatoms. The van der Waals surface area contributed by atoms with Gasteiger partial charge in [0.25, 0.3) is 0 Å². The van der Waals surface area contributed by atoms with Crippen molar-refractivity contribution in [2.75, 3.05) is 6.54 Å². The predicted octanol–water partition coefficient (Wildman–Crippen LogP) is 1.91. The van der Waals surface area contributed by atoms with E-state index in [0.717, 1.165) is 41.8 Å². The van der Waals surface area contributed by atoms with Crippen LogP contribution in [-0.4, -0.2) is 27.1 Å². The molecule has 5 nitrogen and oxygen atoms in total. The molecule has 0 spiro atoms. The van der Waals surface area contributed by atoms with E-state index in [4.69, 9.17) is 5.73 Å². The maximum Gasteiger partial charge on any atom is 0.325 e. The topological polar surface area (TPSA) is 71.5 Å². The van der Waals surface area contributed by atoms with Crippen molar-refractivity contribution in [2.24, 2.45) is 12.8 Å². The number of rotatable bonds is 3. The molecule has 1 unspecified atom stereocenters. The Morgan fingerprint density at radius 2 is 2.00 bits per heavy atom. The Labute approximate surface area is 124 Å². The third-order valence-corrected chi connectivity index (χ3v) is 4.67. The molecule has 1 aromatic heterocycles. The molecule has 2 aromatic rings. The Kier molecular flexibility index (Phi) is 3.26. The first-order chi connectivity index (χ1) is 9.93. The standard InChI is InChI=1S/C16H21N3O2/c1-4-19-7-10-5-12-13(6-11(10)8-19)18(3)9(2)14(12)15(17)16(20)21/h5-6,15H,4,7-8,17H2,1-3H3,(H,20,21). The number of carboxylic acids is 1. The van der Waals surface area contributed by atoms with Gasteiger partial charge in [0.15, 0.2) is 0 Å². The summed E-state index contributed by atoms with van der Waals surface area (Å²) in [6.07, 6.45) is 0. The zero-order chi connectivity index (χ0) is 15.3. The summed E-state index contributed by atoms with van der Waals surface area (Å²) < 4.78 is 2.04. The molecule has 112 valence electrons. The lowest BCUT2D eigenvalue weighted by Crippen LogP contribution is -2.21. The number of benzene rings is 1. The van der Waals surface area contributed by atoms with Crippen LogP contribution in [0.4, 0.5) is 0 Å². The zero-order valence-corrected chi connectivity index (χ0v) is 12.7. The predicted molar refractivity (Wildman–Crippen MR) is 82.0 cm³/mol. The van der Waals surface area contributed by atoms with Crippen molar-refractivity contribution in [1.82, 2.24) is 9.47 Å². The van der Waals surface area contributed by atoms with Gasteiger partial charge in [-0.15, -0.1) is 0 Å². The van der Waals surface area contributed by atoms with Crippen molar-refractivity contribution in [3.8, 4) is 0 Å². The quantitative estimate of drug-likeness (QED) is 0.904. The van der Waals surface area contributed by atoms with Crippen LogP contribution in [0.15, 0.2) is 12.1 Å². The number of hydrogen-bond donors (Lipinski definition) is 2. The molecule has 1 atom stereocenters. The summed E-state index contributed by atoms with van der Waals surface area (Å²) >= 11 is 0. The largest absolute Gasteiger partial charge is 0.480 e. The Balaban J connectivity index is 2.22. The lowest BCUT2D eigenvalue weighted by molar-refractivity contribution is -0.138. The van der Waals surface area contributed by atoms with Gasteiger partial charge in [-0.1, -0.05) is 6.92 Å². The summed E-state index contributed by atoms with van der Waals surface area (Å²) in [6.45, 7) is 7.00. The van der Waals surface area contributed by atoms with Gasteiger partial charge in [-0.25, -0.2) is 0 Å². The summed E-state index contributed by atoms with van der Waals surface area (Å²) in [5, 5.41) is 10.2. The molecule has 3 N–H and O–H groups in total. The number of aromatic nitrogens is 1. The first-order valence-corrected chi connectivity index (χ1v) is 7.25. The average molecular weight is 287 g/mol. The van der Waals surface area contributed by atoms with Gasteiger partial charge in [0.2, 0.25) is 0 Å². The Hall–Kier alpha value is -1.85. The van der Waals surface area contributed by atoms with Gasteiger partial charge in [0, 0.05) is 42.3 Å². The lowest BCUT2D eigenvalue weighted by Gasteiger charge is -2.09. The maximum absolute atomic E-state index is 11.3. The van der Waals surface area contributed by atoms with E-state index in [1.807, 2.05) is 18.5 Å². The van der Waals surface area contributed by atoms with E-state index in [9.17, 15) is 9.90 Å². The van der Waals surface area contributed by atoms with Crippen molar-refractivity contribution in [1.29, 1.82) is 0 Å². The molecular formula is C16H21N3O2. The van der Waals surface area contributed by atoms with Crippen LogP contribution in [0.2, 0.25) is 0 Å². The highest BCUT2D eigenvalue weighted by atomic mass is 16.4. The monoisotopic (exact) mass is 287 g/mol. The van der Waals surface area contributed by atoms with Crippen LogP contribution in [0.3, 0.4) is 0 Å². The van der Waals surface area contributed by atoms with Gasteiger partial charge < -0.3 is 15.4 Å². The number of carboxylic acid groups (broad SMARTS) is 1. The minimum Gasteiger partial charge on any atom is -0.480 e. The van der Waals surface area contributed by atoms with Crippen LogP contribution in [0.1, 0.15) is 35.3 Å². The van der Waals surface area contributed by atoms with Crippen LogP contribution in [-0.2, 0) is 24.9 Å². The smallest absolute Gasteiger partial charge is 0.325 e. The molecule has 21 heavy (non-hydrogen) atoms. The lowest BCUT2D eigenvalue weighted by atomic mass is 10.0. The number of carbonyl (C=O) groups is 1. The third kappa shape index (κ3) is 2.04. The van der Waals surface area contributed by atoms with Crippen LogP contribution in [0.5, 0.6) is 0 Å². The fraction of sp³-hybridized carbons (Fsp3) is 0.438. The Morgan fingerprint density at radius 3 is 2.57 bits per heavy atom. The van der Waals surface area contributed by atoms with Gasteiger partial charge >= 0.3 is 5.97 Å². The number of fused-ring (bicyclic) bond motifs is 2. The van der Waals surface area contributed by atoms with E-state index in [1.54, 1.807) is 0 Å². The maximum atomic E-state index is 11.3. The van der Waals surface area contributed by atoms with Gasteiger partial charge in [-0.3, -0.25) is 9.69 Å². The molecule has 0 saturated carbocycles. The molecule has 2 heterocycles. The highest BCUT2D eigenvalue weighted by molar-refractivity contribution is 5.92. The van der Waals surface area contributed by atoms with Gasteiger partial charge in [0.05, 0.1) is 0 Å². The highest BCUT2D eigenvalue weighted by Crippen LogP contribution is 2.34. The number of nitrogens with zero attached hydrogens (tertiary/aromatic N) is 2. The van der Waals surface area contributed by atoms with Crippen molar-refractivity contribution in [3.05, 3.63) is 34.5 Å². The van der Waals surface area contributed by atoms with E-state index < -0.39 is 12.0 Å². The Morgan fingerprint density at radius 1 is 1.38 bits per heavy atom. The molecule has 0 bridgehead atoms. The van der Waals surface area contributed by atoms with E-state index in [0.29, 0.717) is 0 Å². The van der Waals surface area contributed by atoms with Crippen molar-refractivity contribution in [3.63, 3.8) is 0 Å². The number of aryl methyl sites for hydroxylation is 1. The molecule has 1 aromatic carbocycles. The van der Waals surface area contributed by atoms with E-state index in [2.05, 4.69) is 24.0 Å². The SMILES string of the molecule is CCN1Cc2cc3c(C(N)C(=O)O)c(C)n(C)c3cc2C1. The van der Waals surface area contributed by atoms with Crippen LogP contribution in [0.25, 0.3) is 10.9 Å². The molecule has 1 aliphatic rings. The number of nitrogens with two attached hydrogens (primary N) is 1. The minimum absolute atomic E-state index is 0.734. The molecule has 0 radical (unpaired) electrons. The highest BCUT2D eigenvalue weighted by Gasteiger charge is 2.26. The first kappa shape index (κ1) is 14.1. The summed E-state index contributed by atoms with van der Waals surface area (Å²) in [7, 11) is 1.97. The fourth-order valence-corrected chi connectivity index (χ4v) is 3.30. The van der Waals surface area contributed by atoms with E-state index in [-0.39, 0.29) is 0 Å². The molecule has 0 fully saturated rings. The van der Waals surface area contributed by atoms with Crippen LogP contribution < -0.4 is 5.73 Å². The zero-order valence-electron chi connectivity index (χ0n) is 12.7. The molecule has 0 amide bonds. The Bertz CT molecular complexity index is 733. The minimum atomic E-state index is -0.985. The van der Waals surface area contributed by atoms with Gasteiger partial charge in [0.1, 0.15) is 6.04 Å². The molecule has 1 aliphatic heterocycles. The molecule has 3 rings (SSSR count). The molecule has 0 saturated heterocycles. The van der Waals surface area contributed by atoms with Crippen molar-refractivity contribution < 1.29 is 9.90 Å². The summed E-state index contributed by atoms with van der Waals surface area (Å²) in [6, 6.07) is 3.34. The first-order valence-electron chi connectivity index (χ1n) is 7.25. The number of aliphatic carboxylic acids is 1. The van der Waals surface area contributed by atoms with Gasteiger partial charge in [-0.2, -0.15) is 0 Å². The van der Waals surface area contributed by atoms with Crippen LogP contribution >= 0.6 is 0 Å². The second-order valence-corrected chi connectivity index (χ2v) is 5.82. The normalized spacial score (nSPS) is 16.4. The summed E-state index contributed by atoms with van der Waals surface area (Å²) in [4.78, 5) is 13.7. The summed E-state index contributed by atoms with van der Waals surface area (Å²) in [5.74, 6) is -0.985. The number of hydrogen-bond acceptors (Lipinski definition) is 3. The second-order valence-electron chi connectivity index (χ2n) is 5.82. The third-order valence-electron chi connectivity index (χ3n) is 4.67. The summed E-state index contributed by atoms with van der Waals surface area (Å²) in [5.41, 5.74) is 11.2. The molecule has 0 aliphatic carbocycles. The van der Waals surface area contributed by atoms with Crippen molar-refractivity contribution in [2.45, 2.75) is 33.0 Å². The van der Waals surface area contributed by atoms with Crippen LogP contribution in [0, 0.1) is 6.92 Å². The average Bonchev–Trinajstić information content (AvgIpc) is 2.96. The van der Waals surface area contributed by atoms with Gasteiger partial charge in [-0.05, 0) is 36.7 Å². The van der Waals surface area contributed by atoms with Crippen molar-refractivity contribution >= 4 is 16.9 Å². The molecular weight excluding hydrogens is 266 g/mol. The van der Waals surface area contributed by atoms with E-state index >= 15 is 0 Å². The fourth-order valence-electron chi connectivity index (χ4n) is 3.30. The second kappa shape index (κ2) is 4.86. The van der Waals surface area contributed by atoms with E-state index in [1.165, 1.54) is 11.1 Å².